The van der Waals surface area contributed by atoms with E-state index in [1.807, 2.05) is 20.8 Å². The molecule has 0 N–H and O–H groups in total. The molecule has 204 valence electrons. The van der Waals surface area contributed by atoms with Crippen molar-refractivity contribution in [2.24, 2.45) is 11.3 Å². The number of rotatable bonds is 5. The van der Waals surface area contributed by atoms with Crippen LogP contribution in [-0.2, 0) is 35.5 Å². The Kier molecular flexibility index (Phi) is 6.37. The molecule has 2 heterocycles. The Morgan fingerprint density at radius 1 is 1.05 bits per heavy atom. The maximum atomic E-state index is 11.0. The molecule has 0 aromatic heterocycles. The van der Waals surface area contributed by atoms with Gasteiger partial charge in [0.2, 0.25) is 11.6 Å². The second-order valence-electron chi connectivity index (χ2n) is 12.0. The van der Waals surface area contributed by atoms with Gasteiger partial charge in [0.05, 0.1) is 30.3 Å². The van der Waals surface area contributed by atoms with Crippen LogP contribution in [0.25, 0.3) is 0 Å². The number of aryl methyl sites for hydroxylation is 1. The normalized spacial score (nSPS) is 39.5. The van der Waals surface area contributed by atoms with Crippen LogP contribution in [0.2, 0.25) is 0 Å². The Labute approximate surface area is 220 Å². The quantitative estimate of drug-likeness (QED) is 0.531. The molecule has 37 heavy (non-hydrogen) atoms. The molecule has 5 rings (SSSR count). The van der Waals surface area contributed by atoms with Crippen molar-refractivity contribution in [1.29, 1.82) is 5.26 Å². The molecule has 0 amide bonds. The zero-order valence-electron chi connectivity index (χ0n) is 23.6. The molecule has 2 fully saturated rings. The van der Waals surface area contributed by atoms with Crippen LogP contribution in [0.5, 0.6) is 11.5 Å². The summed E-state index contributed by atoms with van der Waals surface area (Å²) in [6.45, 7) is 13.9. The Morgan fingerprint density at radius 2 is 1.70 bits per heavy atom. The summed E-state index contributed by atoms with van der Waals surface area (Å²) in [6, 6.07) is 5.00. The molecule has 1 saturated carbocycles. The van der Waals surface area contributed by atoms with Crippen molar-refractivity contribution in [3.05, 3.63) is 22.8 Å². The number of methoxy groups -OCH3 is 2. The van der Waals surface area contributed by atoms with Gasteiger partial charge in [0.15, 0.2) is 11.5 Å². The second kappa shape index (κ2) is 8.82. The summed E-state index contributed by atoms with van der Waals surface area (Å²) in [5.41, 5.74) is 1.87. The first kappa shape index (κ1) is 26.7. The van der Waals surface area contributed by atoms with Gasteiger partial charge >= 0.3 is 6.48 Å². The number of benzene rings is 1. The number of nitrogens with zero attached hydrogens (tertiary/aromatic N) is 1. The van der Waals surface area contributed by atoms with Gasteiger partial charge in [-0.05, 0) is 62.8 Å². The molecule has 7 atom stereocenters. The third-order valence-corrected chi connectivity index (χ3v) is 9.47. The fraction of sp³-hybridized carbons (Fsp3) is 0.759. The minimum absolute atomic E-state index is 0.000833. The third-order valence-electron chi connectivity index (χ3n) is 9.47. The molecule has 2 aliphatic heterocycles. The highest BCUT2D eigenvalue weighted by Crippen LogP contribution is 2.64. The van der Waals surface area contributed by atoms with Crippen molar-refractivity contribution >= 4 is 0 Å². The zero-order valence-corrected chi connectivity index (χ0v) is 23.6. The van der Waals surface area contributed by atoms with E-state index in [0.29, 0.717) is 24.5 Å². The number of hydrogen-bond acceptors (Lipinski definition) is 8. The first-order valence-electron chi connectivity index (χ1n) is 13.4. The maximum absolute atomic E-state index is 11.0. The molecule has 0 spiro atoms. The number of ether oxygens (including phenoxy) is 7. The van der Waals surface area contributed by atoms with Crippen molar-refractivity contribution in [3.8, 4) is 17.6 Å². The van der Waals surface area contributed by atoms with Crippen molar-refractivity contribution in [2.45, 2.75) is 109 Å². The van der Waals surface area contributed by atoms with Crippen molar-refractivity contribution in [3.63, 3.8) is 0 Å². The highest BCUT2D eigenvalue weighted by molar-refractivity contribution is 5.64. The molecule has 1 saturated heterocycles. The minimum atomic E-state index is -1.15. The SMILES string of the molecule is CCOC1Oc2c(C(C)C)cc3c(c2O1)[C@@]1(C#N)C[C@H]2O[C@](C)(OC)[C@@](C)(OC)O[C@@H]2C(C)(C)[C@@H]1CC3. The lowest BCUT2D eigenvalue weighted by atomic mass is 9.48. The van der Waals surface area contributed by atoms with Gasteiger partial charge in [0.25, 0.3) is 0 Å². The van der Waals surface area contributed by atoms with E-state index in [-0.39, 0.29) is 17.9 Å². The van der Waals surface area contributed by atoms with E-state index < -0.39 is 35.0 Å². The molecule has 8 heteroatoms. The fourth-order valence-corrected chi connectivity index (χ4v) is 7.28. The molecule has 2 aliphatic carbocycles. The second-order valence-corrected chi connectivity index (χ2v) is 12.0. The van der Waals surface area contributed by atoms with E-state index in [1.165, 1.54) is 0 Å². The molecule has 8 nitrogen and oxygen atoms in total. The van der Waals surface area contributed by atoms with Crippen LogP contribution < -0.4 is 9.47 Å². The van der Waals surface area contributed by atoms with Gasteiger partial charge in [0.1, 0.15) is 0 Å². The average Bonchev–Trinajstić information content (AvgIpc) is 3.28. The van der Waals surface area contributed by atoms with E-state index in [4.69, 9.17) is 33.2 Å². The van der Waals surface area contributed by atoms with Crippen LogP contribution >= 0.6 is 0 Å². The number of hydrogen-bond donors (Lipinski definition) is 0. The molecule has 1 aromatic rings. The standard InChI is InChI=1S/C29H41NO7/c1-10-33-25-34-22-18(16(2)3)13-17-11-12-20-26(4,5)24-19(14-29(20,15-30)21(17)23(22)35-25)36-27(6,31-8)28(7,32-9)37-24/h13,16,19-20,24-25H,10-12,14H2,1-9H3/t19-,20+,24+,25?,27+,28+,29-/m1/s1. The number of nitriles is 1. The van der Waals surface area contributed by atoms with Crippen LogP contribution in [0.3, 0.4) is 0 Å². The highest BCUT2D eigenvalue weighted by Gasteiger charge is 2.68. The van der Waals surface area contributed by atoms with Gasteiger partial charge in [-0.1, -0.05) is 33.8 Å². The van der Waals surface area contributed by atoms with Crippen LogP contribution in [0.1, 0.15) is 83.9 Å². The lowest BCUT2D eigenvalue weighted by molar-refractivity contribution is -0.465. The molecular weight excluding hydrogens is 474 g/mol. The van der Waals surface area contributed by atoms with Crippen LogP contribution in [0.4, 0.5) is 0 Å². The molecule has 1 unspecified atom stereocenters. The topological polar surface area (TPSA) is 88.4 Å². The van der Waals surface area contributed by atoms with Crippen LogP contribution in [-0.4, -0.2) is 51.1 Å². The fourth-order valence-electron chi connectivity index (χ4n) is 7.28. The number of fused-ring (bicyclic) bond motifs is 6. The largest absolute Gasteiger partial charge is 0.428 e. The smallest absolute Gasteiger partial charge is 0.361 e. The van der Waals surface area contributed by atoms with Gasteiger partial charge in [-0.3, -0.25) is 0 Å². The highest BCUT2D eigenvalue weighted by atomic mass is 16.9. The van der Waals surface area contributed by atoms with Gasteiger partial charge < -0.3 is 33.2 Å². The molecule has 4 aliphatic rings. The van der Waals surface area contributed by atoms with E-state index >= 15 is 0 Å². The lowest BCUT2D eigenvalue weighted by Gasteiger charge is -2.63. The van der Waals surface area contributed by atoms with Gasteiger partial charge in [-0.2, -0.15) is 5.26 Å². The average molecular weight is 516 g/mol. The summed E-state index contributed by atoms with van der Waals surface area (Å²) in [7, 11) is 3.20. The van der Waals surface area contributed by atoms with E-state index in [9.17, 15) is 5.26 Å². The molecular formula is C29H41NO7. The first-order valence-corrected chi connectivity index (χ1v) is 13.4. The maximum Gasteiger partial charge on any atom is 0.361 e. The Morgan fingerprint density at radius 3 is 2.30 bits per heavy atom. The van der Waals surface area contributed by atoms with E-state index in [2.05, 4.69) is 39.8 Å². The summed E-state index contributed by atoms with van der Waals surface area (Å²) in [5, 5.41) is 11.0. The molecule has 0 radical (unpaired) electrons. The van der Waals surface area contributed by atoms with Crippen molar-refractivity contribution < 1.29 is 33.2 Å². The van der Waals surface area contributed by atoms with Crippen LogP contribution in [0.15, 0.2) is 6.07 Å². The predicted molar refractivity (Wildman–Crippen MR) is 135 cm³/mol. The monoisotopic (exact) mass is 515 g/mol. The summed E-state index contributed by atoms with van der Waals surface area (Å²) in [6.07, 6.45) is 1.47. The van der Waals surface area contributed by atoms with Gasteiger partial charge in [-0.25, -0.2) is 0 Å². The minimum Gasteiger partial charge on any atom is -0.428 e. The zero-order chi connectivity index (χ0) is 27.0. The van der Waals surface area contributed by atoms with E-state index in [1.54, 1.807) is 14.2 Å². The lowest BCUT2D eigenvalue weighted by Crippen LogP contribution is -2.72. The Hall–Kier alpha value is -1.89. The van der Waals surface area contributed by atoms with Gasteiger partial charge in [0, 0.05) is 25.3 Å². The van der Waals surface area contributed by atoms with Crippen molar-refractivity contribution in [1.82, 2.24) is 0 Å². The summed E-state index contributed by atoms with van der Waals surface area (Å²) >= 11 is 0. The third kappa shape index (κ3) is 3.58. The van der Waals surface area contributed by atoms with Gasteiger partial charge in [-0.15, -0.1) is 0 Å². The summed E-state index contributed by atoms with van der Waals surface area (Å²) in [4.78, 5) is 0. The van der Waals surface area contributed by atoms with E-state index in [0.717, 1.165) is 29.5 Å². The summed E-state index contributed by atoms with van der Waals surface area (Å²) in [5.74, 6) is -0.684. The summed E-state index contributed by atoms with van der Waals surface area (Å²) < 4.78 is 43.2. The molecule has 1 aromatic carbocycles. The Bertz CT molecular complexity index is 1110. The van der Waals surface area contributed by atoms with Crippen LogP contribution in [0, 0.1) is 22.7 Å². The first-order chi connectivity index (χ1) is 17.4. The van der Waals surface area contributed by atoms with Crippen molar-refractivity contribution in [2.75, 3.05) is 20.8 Å². The predicted octanol–water partition coefficient (Wildman–Crippen LogP) is 5.16. The molecule has 0 bridgehead atoms. The Balaban J connectivity index is 1.67.